The molecule has 54 valence electrons. The van der Waals surface area contributed by atoms with E-state index in [-0.39, 0.29) is 10.2 Å². The van der Waals surface area contributed by atoms with Gasteiger partial charge < -0.3 is 5.11 Å². The maximum Gasteiger partial charge on any atom is 0.180 e. The lowest BCUT2D eigenvalue weighted by molar-refractivity contribution is 0.427. The fourth-order valence-corrected chi connectivity index (χ4v) is 1.25. The monoisotopic (exact) mass is 316 g/mol. The number of aromatic hydroxyl groups is 1. The molecule has 0 spiro atoms. The second-order valence-corrected chi connectivity index (χ2v) is 3.71. The smallest absolute Gasteiger partial charge is 0.180 e. The van der Waals surface area contributed by atoms with E-state index < -0.39 is 5.82 Å². The van der Waals surface area contributed by atoms with Crippen molar-refractivity contribution in [2.24, 2.45) is 0 Å². The highest BCUT2D eigenvalue weighted by Gasteiger charge is 2.07. The summed E-state index contributed by atoms with van der Waals surface area (Å²) in [6, 6.07) is 3.18. The van der Waals surface area contributed by atoms with Gasteiger partial charge in [-0.15, -0.1) is 0 Å². The van der Waals surface area contributed by atoms with Crippen molar-refractivity contribution in [2.75, 3.05) is 0 Å². The van der Waals surface area contributed by atoms with E-state index in [0.29, 0.717) is 3.57 Å². The van der Waals surface area contributed by atoms with Crippen LogP contribution >= 0.6 is 38.5 Å². The molecule has 0 fully saturated rings. The van der Waals surface area contributed by atoms with Crippen LogP contribution < -0.4 is 0 Å². The van der Waals surface area contributed by atoms with Crippen LogP contribution in [0.5, 0.6) is 5.75 Å². The molecule has 1 aromatic rings. The molecule has 10 heavy (non-hydrogen) atoms. The zero-order valence-electron chi connectivity index (χ0n) is 4.74. The molecule has 0 unspecified atom stereocenters. The maximum atomic E-state index is 12.7. The van der Waals surface area contributed by atoms with Crippen molar-refractivity contribution in [3.05, 3.63) is 26.0 Å². The zero-order chi connectivity index (χ0) is 7.72. The second-order valence-electron chi connectivity index (χ2n) is 1.69. The lowest BCUT2D eigenvalue weighted by atomic mass is 10.3. The van der Waals surface area contributed by atoms with Crippen molar-refractivity contribution in [1.29, 1.82) is 0 Å². The first-order valence-electron chi connectivity index (χ1n) is 2.45. The van der Waals surface area contributed by atoms with Gasteiger partial charge in [0.25, 0.3) is 0 Å². The van der Waals surface area contributed by atoms with Crippen LogP contribution in [0.15, 0.2) is 16.6 Å². The molecule has 4 heteroatoms. The van der Waals surface area contributed by atoms with Crippen LogP contribution in [-0.4, -0.2) is 5.11 Å². The predicted octanol–water partition coefficient (Wildman–Crippen LogP) is 2.90. The summed E-state index contributed by atoms with van der Waals surface area (Å²) >= 11 is 4.80. The van der Waals surface area contributed by atoms with E-state index >= 15 is 0 Å². The van der Waals surface area contributed by atoms with Gasteiger partial charge >= 0.3 is 0 Å². The fraction of sp³-hybridized carbons (Fsp3) is 0. The normalized spacial score (nSPS) is 9.90. The van der Waals surface area contributed by atoms with Crippen molar-refractivity contribution in [3.63, 3.8) is 0 Å². The first-order valence-corrected chi connectivity index (χ1v) is 4.32. The standard InChI is InChI=1S/C6H3BrFIO/c7-3-1-2-4(9)6(10)5(3)8/h1-2,10H. The Bertz CT molecular complexity index is 237. The van der Waals surface area contributed by atoms with Crippen molar-refractivity contribution in [2.45, 2.75) is 0 Å². The Balaban J connectivity index is 3.34. The molecule has 1 aromatic carbocycles. The molecule has 0 bridgehead atoms. The van der Waals surface area contributed by atoms with E-state index in [1.165, 1.54) is 0 Å². The van der Waals surface area contributed by atoms with Crippen molar-refractivity contribution in [3.8, 4) is 5.75 Å². The first-order chi connectivity index (χ1) is 4.63. The number of benzene rings is 1. The maximum absolute atomic E-state index is 12.7. The summed E-state index contributed by atoms with van der Waals surface area (Å²) in [4.78, 5) is 0. The minimum Gasteiger partial charge on any atom is -0.504 e. The lowest BCUT2D eigenvalue weighted by Gasteiger charge is -1.98. The Kier molecular flexibility index (Phi) is 2.51. The van der Waals surface area contributed by atoms with E-state index in [1.54, 1.807) is 12.1 Å². The molecule has 0 saturated carbocycles. The van der Waals surface area contributed by atoms with Gasteiger partial charge in [-0.2, -0.15) is 0 Å². The van der Waals surface area contributed by atoms with Crippen LogP contribution in [0, 0.1) is 9.39 Å². The molecule has 1 rings (SSSR count). The Morgan fingerprint density at radius 3 is 2.60 bits per heavy atom. The first kappa shape index (κ1) is 8.26. The molecule has 1 nitrogen and oxygen atoms in total. The third kappa shape index (κ3) is 1.42. The van der Waals surface area contributed by atoms with Crippen LogP contribution in [0.25, 0.3) is 0 Å². The average molecular weight is 317 g/mol. The fourth-order valence-electron chi connectivity index (χ4n) is 0.516. The Morgan fingerprint density at radius 2 is 2.10 bits per heavy atom. The van der Waals surface area contributed by atoms with Gasteiger partial charge in [0.15, 0.2) is 11.6 Å². The third-order valence-electron chi connectivity index (χ3n) is 1.02. The van der Waals surface area contributed by atoms with Crippen molar-refractivity contribution < 1.29 is 9.50 Å². The molecule has 1 N–H and O–H groups in total. The molecular weight excluding hydrogens is 314 g/mol. The van der Waals surface area contributed by atoms with Crippen LogP contribution in [0.1, 0.15) is 0 Å². The third-order valence-corrected chi connectivity index (χ3v) is 2.50. The molecule has 0 amide bonds. The van der Waals surface area contributed by atoms with Gasteiger partial charge in [-0.25, -0.2) is 4.39 Å². The highest BCUT2D eigenvalue weighted by Crippen LogP contribution is 2.28. The van der Waals surface area contributed by atoms with Gasteiger partial charge in [0.05, 0.1) is 8.04 Å². The summed E-state index contributed by atoms with van der Waals surface area (Å²) in [6.07, 6.45) is 0. The lowest BCUT2D eigenvalue weighted by Crippen LogP contribution is -1.81. The number of halogens is 3. The summed E-state index contributed by atoms with van der Waals surface area (Å²) < 4.78 is 13.5. The number of phenolic OH excluding ortho intramolecular Hbond substituents is 1. The molecule has 0 saturated heterocycles. The Labute approximate surface area is 79.5 Å². The minimum atomic E-state index is -0.605. The molecule has 0 radical (unpaired) electrons. The van der Waals surface area contributed by atoms with E-state index in [1.807, 2.05) is 22.6 Å². The van der Waals surface area contributed by atoms with Gasteiger partial charge in [-0.3, -0.25) is 0 Å². The zero-order valence-corrected chi connectivity index (χ0v) is 8.48. The minimum absolute atomic E-state index is 0.283. The van der Waals surface area contributed by atoms with Gasteiger partial charge in [-0.05, 0) is 50.7 Å². The topological polar surface area (TPSA) is 20.2 Å². The van der Waals surface area contributed by atoms with Gasteiger partial charge in [0, 0.05) is 0 Å². The van der Waals surface area contributed by atoms with Crippen LogP contribution in [-0.2, 0) is 0 Å². The highest BCUT2D eigenvalue weighted by molar-refractivity contribution is 14.1. The molecule has 0 aliphatic rings. The summed E-state index contributed by atoms with van der Waals surface area (Å²) in [5.74, 6) is -0.901. The molecule has 0 aromatic heterocycles. The predicted molar refractivity (Wildman–Crippen MR) is 48.5 cm³/mol. The van der Waals surface area contributed by atoms with Crippen molar-refractivity contribution >= 4 is 38.5 Å². The van der Waals surface area contributed by atoms with Crippen molar-refractivity contribution in [1.82, 2.24) is 0 Å². The number of rotatable bonds is 0. The molecule has 0 aliphatic heterocycles. The van der Waals surface area contributed by atoms with Gasteiger partial charge in [-0.1, -0.05) is 0 Å². The van der Waals surface area contributed by atoms with E-state index in [9.17, 15) is 4.39 Å². The summed E-state index contributed by atoms with van der Waals surface area (Å²) in [5.41, 5.74) is 0. The molecular formula is C6H3BrFIO. The van der Waals surface area contributed by atoms with Crippen LogP contribution in [0.3, 0.4) is 0 Å². The largest absolute Gasteiger partial charge is 0.504 e. The van der Waals surface area contributed by atoms with E-state index in [4.69, 9.17) is 5.11 Å². The Morgan fingerprint density at radius 1 is 1.50 bits per heavy atom. The summed E-state index contributed by atoms with van der Waals surface area (Å²) in [6.45, 7) is 0. The van der Waals surface area contributed by atoms with Crippen LogP contribution in [0.4, 0.5) is 4.39 Å². The molecule has 0 atom stereocenters. The van der Waals surface area contributed by atoms with E-state index in [0.717, 1.165) is 0 Å². The van der Waals surface area contributed by atoms with Crippen LogP contribution in [0.2, 0.25) is 0 Å². The quantitative estimate of drug-likeness (QED) is 0.576. The van der Waals surface area contributed by atoms with Gasteiger partial charge in [0.2, 0.25) is 0 Å². The summed E-state index contributed by atoms with van der Waals surface area (Å²) in [7, 11) is 0. The number of hydrogen-bond donors (Lipinski definition) is 1. The molecule has 0 heterocycles. The SMILES string of the molecule is Oc1c(I)ccc(Br)c1F. The summed E-state index contributed by atoms with van der Waals surface area (Å²) in [5, 5.41) is 8.97. The molecule has 0 aliphatic carbocycles. The van der Waals surface area contributed by atoms with Gasteiger partial charge in [0.1, 0.15) is 0 Å². The van der Waals surface area contributed by atoms with E-state index in [2.05, 4.69) is 15.9 Å². The highest BCUT2D eigenvalue weighted by atomic mass is 127. The Hall–Kier alpha value is 0.160. The number of phenols is 1. The number of hydrogen-bond acceptors (Lipinski definition) is 1. The average Bonchev–Trinajstić information content (AvgIpc) is 1.93. The second kappa shape index (κ2) is 3.04.